The minimum Gasteiger partial charge on any atom is -0.381 e. The Bertz CT molecular complexity index is 321. The van der Waals surface area contributed by atoms with E-state index in [-0.39, 0.29) is 24.0 Å². The monoisotopic (exact) mass is 381 g/mol. The third-order valence-electron chi connectivity index (χ3n) is 4.23. The lowest BCUT2D eigenvalue weighted by molar-refractivity contribution is 0.0992. The van der Waals surface area contributed by atoms with Crippen LogP contribution in [-0.2, 0) is 9.47 Å². The van der Waals surface area contributed by atoms with Crippen molar-refractivity contribution in [1.29, 1.82) is 0 Å². The number of guanidine groups is 1. The molecule has 2 N–H and O–H groups in total. The van der Waals surface area contributed by atoms with Crippen LogP contribution >= 0.6 is 24.0 Å². The first-order valence-electron chi connectivity index (χ1n) is 7.05. The Kier molecular flexibility index (Phi) is 5.70. The molecule has 3 aliphatic rings. The number of hydrogen-bond donors (Lipinski definition) is 2. The summed E-state index contributed by atoms with van der Waals surface area (Å²) in [6, 6.07) is 0.440. The van der Waals surface area contributed by atoms with Crippen LogP contribution in [0.3, 0.4) is 0 Å². The van der Waals surface area contributed by atoms with Gasteiger partial charge in [-0.1, -0.05) is 0 Å². The van der Waals surface area contributed by atoms with E-state index in [0.29, 0.717) is 24.2 Å². The molecule has 0 aromatic heterocycles. The Morgan fingerprint density at radius 2 is 2.21 bits per heavy atom. The summed E-state index contributed by atoms with van der Waals surface area (Å²) in [5, 5.41) is 6.90. The molecule has 110 valence electrons. The van der Waals surface area contributed by atoms with E-state index in [2.05, 4.69) is 15.6 Å². The van der Waals surface area contributed by atoms with Gasteiger partial charge in [0, 0.05) is 26.1 Å². The Hall–Kier alpha value is -0.0800. The number of aliphatic imine (C=N–C) groups is 1. The van der Waals surface area contributed by atoms with Crippen LogP contribution in [0.25, 0.3) is 0 Å². The Balaban J connectivity index is 0.00000133. The number of halogens is 1. The van der Waals surface area contributed by atoms with Crippen molar-refractivity contribution in [2.24, 2.45) is 10.9 Å². The zero-order valence-electron chi connectivity index (χ0n) is 11.4. The second-order valence-electron chi connectivity index (χ2n) is 5.54. The highest BCUT2D eigenvalue weighted by Crippen LogP contribution is 2.34. The van der Waals surface area contributed by atoms with Crippen molar-refractivity contribution in [2.75, 3.05) is 26.8 Å². The molecule has 0 amide bonds. The van der Waals surface area contributed by atoms with Crippen LogP contribution in [0.1, 0.15) is 25.7 Å². The van der Waals surface area contributed by atoms with Crippen molar-refractivity contribution >= 4 is 29.9 Å². The molecule has 0 spiro atoms. The maximum atomic E-state index is 5.84. The summed E-state index contributed by atoms with van der Waals surface area (Å²) >= 11 is 0. The van der Waals surface area contributed by atoms with E-state index in [1.54, 1.807) is 0 Å². The number of nitrogens with one attached hydrogen (secondary N) is 2. The van der Waals surface area contributed by atoms with Crippen LogP contribution < -0.4 is 10.6 Å². The molecule has 4 unspecified atom stereocenters. The fourth-order valence-corrected chi connectivity index (χ4v) is 3.15. The van der Waals surface area contributed by atoms with Gasteiger partial charge in [-0.15, -0.1) is 24.0 Å². The van der Waals surface area contributed by atoms with Gasteiger partial charge in [-0.25, -0.2) is 0 Å². The Morgan fingerprint density at radius 1 is 1.32 bits per heavy atom. The van der Waals surface area contributed by atoms with Gasteiger partial charge in [-0.2, -0.15) is 0 Å². The lowest BCUT2D eigenvalue weighted by Crippen LogP contribution is -2.48. The van der Waals surface area contributed by atoms with Crippen LogP contribution in [0.2, 0.25) is 0 Å². The topological polar surface area (TPSA) is 54.9 Å². The van der Waals surface area contributed by atoms with Gasteiger partial charge in [-0.05, 0) is 25.7 Å². The molecule has 3 heterocycles. The van der Waals surface area contributed by atoms with Crippen LogP contribution in [0, 0.1) is 5.92 Å². The lowest BCUT2D eigenvalue weighted by Gasteiger charge is -2.23. The summed E-state index contributed by atoms with van der Waals surface area (Å²) in [5.74, 6) is 1.53. The van der Waals surface area contributed by atoms with Gasteiger partial charge in [0.25, 0.3) is 0 Å². The smallest absolute Gasteiger partial charge is 0.191 e. The van der Waals surface area contributed by atoms with E-state index in [1.165, 1.54) is 12.8 Å². The summed E-state index contributed by atoms with van der Waals surface area (Å²) in [7, 11) is 1.83. The molecular weight excluding hydrogens is 357 g/mol. The first kappa shape index (κ1) is 15.3. The highest BCUT2D eigenvalue weighted by Gasteiger charge is 2.41. The summed E-state index contributed by atoms with van der Waals surface area (Å²) in [6.45, 7) is 2.72. The summed E-state index contributed by atoms with van der Waals surface area (Å²) in [4.78, 5) is 4.29. The molecule has 5 nitrogen and oxygen atoms in total. The van der Waals surface area contributed by atoms with Crippen LogP contribution in [-0.4, -0.2) is 51.0 Å². The van der Waals surface area contributed by atoms with Crippen LogP contribution in [0.15, 0.2) is 4.99 Å². The predicted octanol–water partition coefficient (Wildman–Crippen LogP) is 1.13. The quantitative estimate of drug-likeness (QED) is 0.437. The lowest BCUT2D eigenvalue weighted by atomic mass is 9.96. The predicted molar refractivity (Wildman–Crippen MR) is 85.1 cm³/mol. The van der Waals surface area contributed by atoms with E-state index in [9.17, 15) is 0 Å². The van der Waals surface area contributed by atoms with E-state index in [4.69, 9.17) is 9.47 Å². The van der Waals surface area contributed by atoms with Crippen molar-refractivity contribution < 1.29 is 9.47 Å². The summed E-state index contributed by atoms with van der Waals surface area (Å²) in [6.07, 6.45) is 5.57. The molecule has 0 aliphatic carbocycles. The average molecular weight is 381 g/mol. The molecule has 19 heavy (non-hydrogen) atoms. The maximum Gasteiger partial charge on any atom is 0.191 e. The number of rotatable bonds is 3. The number of hydrogen-bond acceptors (Lipinski definition) is 3. The van der Waals surface area contributed by atoms with Gasteiger partial charge in [0.1, 0.15) is 0 Å². The maximum absolute atomic E-state index is 5.84. The fraction of sp³-hybridized carbons (Fsp3) is 0.923. The molecule has 2 bridgehead atoms. The fourth-order valence-electron chi connectivity index (χ4n) is 3.15. The van der Waals surface area contributed by atoms with Gasteiger partial charge >= 0.3 is 0 Å². The minimum atomic E-state index is 0. The first-order valence-corrected chi connectivity index (χ1v) is 7.05. The van der Waals surface area contributed by atoms with Crippen molar-refractivity contribution in [3.8, 4) is 0 Å². The molecule has 0 radical (unpaired) electrons. The van der Waals surface area contributed by atoms with Crippen LogP contribution in [0.4, 0.5) is 0 Å². The van der Waals surface area contributed by atoms with E-state index >= 15 is 0 Å². The molecule has 0 aromatic rings. The second kappa shape index (κ2) is 7.08. The Morgan fingerprint density at radius 3 is 2.79 bits per heavy atom. The van der Waals surface area contributed by atoms with Crippen LogP contribution in [0.5, 0.6) is 0 Å². The summed E-state index contributed by atoms with van der Waals surface area (Å²) < 4.78 is 11.2. The standard InChI is InChI=1S/C13H23N3O2.HI/c1-14-13(15-7-9-4-5-17-8-9)16-11-6-10-2-3-12(11)18-10;/h9-12H,2-8H2,1H3,(H2,14,15,16);1H. The van der Waals surface area contributed by atoms with E-state index in [1.807, 2.05) is 7.05 Å². The summed E-state index contributed by atoms with van der Waals surface area (Å²) in [5.41, 5.74) is 0. The molecule has 3 fully saturated rings. The van der Waals surface area contributed by atoms with Crippen molar-refractivity contribution in [1.82, 2.24) is 10.6 Å². The first-order chi connectivity index (χ1) is 8.85. The highest BCUT2D eigenvalue weighted by molar-refractivity contribution is 14.0. The normalized spacial score (nSPS) is 37.2. The number of nitrogens with zero attached hydrogens (tertiary/aromatic N) is 1. The van der Waals surface area contributed by atoms with E-state index < -0.39 is 0 Å². The molecule has 6 heteroatoms. The van der Waals surface area contributed by atoms with Gasteiger partial charge in [0.15, 0.2) is 5.96 Å². The molecule has 4 atom stereocenters. The molecule has 3 rings (SSSR count). The molecule has 0 saturated carbocycles. The zero-order chi connectivity index (χ0) is 12.4. The molecule has 0 aromatic carbocycles. The van der Waals surface area contributed by atoms with Crippen molar-refractivity contribution in [3.63, 3.8) is 0 Å². The molecular formula is C13H24IN3O2. The second-order valence-corrected chi connectivity index (χ2v) is 5.54. The van der Waals surface area contributed by atoms with Gasteiger partial charge in [-0.3, -0.25) is 4.99 Å². The van der Waals surface area contributed by atoms with Gasteiger partial charge in [0.2, 0.25) is 0 Å². The largest absolute Gasteiger partial charge is 0.381 e. The number of ether oxygens (including phenoxy) is 2. The highest BCUT2D eigenvalue weighted by atomic mass is 127. The van der Waals surface area contributed by atoms with E-state index in [0.717, 1.165) is 38.6 Å². The zero-order valence-corrected chi connectivity index (χ0v) is 13.8. The SMILES string of the molecule is CN=C(NCC1CCOC1)NC1CC2CCC1O2.I. The average Bonchev–Trinajstić information content (AvgIpc) is 3.10. The van der Waals surface area contributed by atoms with Gasteiger partial charge < -0.3 is 20.1 Å². The number of fused-ring (bicyclic) bond motifs is 2. The minimum absolute atomic E-state index is 0. The molecule has 3 saturated heterocycles. The van der Waals surface area contributed by atoms with Crippen molar-refractivity contribution in [3.05, 3.63) is 0 Å². The van der Waals surface area contributed by atoms with Gasteiger partial charge in [0.05, 0.1) is 24.9 Å². The van der Waals surface area contributed by atoms with Crippen molar-refractivity contribution in [2.45, 2.75) is 43.9 Å². The Labute approximate surface area is 131 Å². The third-order valence-corrected chi connectivity index (χ3v) is 4.23. The molecule has 3 aliphatic heterocycles. The third kappa shape index (κ3) is 3.72.